The van der Waals surface area contributed by atoms with Crippen molar-refractivity contribution in [2.75, 3.05) is 10.6 Å². The van der Waals surface area contributed by atoms with Gasteiger partial charge in [-0.05, 0) is 36.6 Å². The van der Waals surface area contributed by atoms with Crippen LogP contribution >= 0.6 is 11.6 Å². The van der Waals surface area contributed by atoms with E-state index in [4.69, 9.17) is 11.6 Å². The summed E-state index contributed by atoms with van der Waals surface area (Å²) in [7, 11) is 0. The minimum atomic E-state index is 0.193. The molecule has 1 heterocycles. The van der Waals surface area contributed by atoms with Gasteiger partial charge >= 0.3 is 0 Å². The molecule has 5 nitrogen and oxygen atoms in total. The van der Waals surface area contributed by atoms with Gasteiger partial charge in [0.25, 0.3) is 0 Å². The van der Waals surface area contributed by atoms with Crippen molar-refractivity contribution in [3.05, 3.63) is 35.6 Å². The average molecular weight is 290 g/mol. The molecule has 6 heteroatoms. The van der Waals surface area contributed by atoms with E-state index in [0.29, 0.717) is 17.9 Å². The lowest BCUT2D eigenvalue weighted by Crippen LogP contribution is -2.17. The lowest BCUT2D eigenvalue weighted by atomic mass is 10.3. The maximum atomic E-state index is 5.96. The van der Waals surface area contributed by atoms with E-state index >= 15 is 0 Å². The Hall–Kier alpha value is -1.88. The van der Waals surface area contributed by atoms with Gasteiger partial charge in [-0.1, -0.05) is 31.0 Å². The molecule has 0 radical (unpaired) electrons. The predicted molar refractivity (Wildman–Crippen MR) is 80.4 cm³/mol. The average Bonchev–Trinajstić information content (AvgIpc) is 2.92. The van der Waals surface area contributed by atoms with Crippen molar-refractivity contribution in [1.29, 1.82) is 0 Å². The van der Waals surface area contributed by atoms with Crippen LogP contribution in [-0.2, 0) is 0 Å². The van der Waals surface area contributed by atoms with Gasteiger partial charge in [0.15, 0.2) is 0 Å². The number of benzene rings is 1. The molecule has 1 aliphatic carbocycles. The Bertz CT molecular complexity index is 569. The molecule has 20 heavy (non-hydrogen) atoms. The van der Waals surface area contributed by atoms with Crippen LogP contribution < -0.4 is 10.6 Å². The van der Waals surface area contributed by atoms with Crippen LogP contribution in [0.25, 0.3) is 0 Å². The van der Waals surface area contributed by atoms with Gasteiger partial charge in [0.05, 0.1) is 0 Å². The Kier molecular flexibility index (Phi) is 3.97. The van der Waals surface area contributed by atoms with Crippen molar-refractivity contribution in [1.82, 2.24) is 15.0 Å². The van der Waals surface area contributed by atoms with Crippen LogP contribution in [0.1, 0.15) is 25.7 Å². The molecule has 0 unspecified atom stereocenters. The summed E-state index contributed by atoms with van der Waals surface area (Å²) in [5.74, 6) is 0.993. The molecule has 0 amide bonds. The number of halogens is 1. The summed E-state index contributed by atoms with van der Waals surface area (Å²) < 4.78 is 0. The highest BCUT2D eigenvalue weighted by atomic mass is 35.5. The lowest BCUT2D eigenvalue weighted by Gasteiger charge is -2.12. The Morgan fingerprint density at radius 1 is 0.950 bits per heavy atom. The second-order valence-electron chi connectivity index (χ2n) is 4.87. The number of rotatable bonds is 4. The highest BCUT2D eigenvalue weighted by molar-refractivity contribution is 6.28. The van der Waals surface area contributed by atoms with E-state index < -0.39 is 0 Å². The third kappa shape index (κ3) is 3.36. The lowest BCUT2D eigenvalue weighted by molar-refractivity contribution is 0.742. The first kappa shape index (κ1) is 13.1. The zero-order valence-electron chi connectivity index (χ0n) is 11.0. The van der Waals surface area contributed by atoms with E-state index in [1.165, 1.54) is 12.8 Å². The molecule has 0 atom stereocenters. The van der Waals surface area contributed by atoms with Crippen LogP contribution in [0.4, 0.5) is 17.6 Å². The maximum Gasteiger partial charge on any atom is 0.233 e. The van der Waals surface area contributed by atoms with E-state index in [1.807, 2.05) is 30.3 Å². The Morgan fingerprint density at radius 3 is 2.40 bits per heavy atom. The van der Waals surface area contributed by atoms with Crippen molar-refractivity contribution in [3.63, 3.8) is 0 Å². The number of hydrogen-bond acceptors (Lipinski definition) is 5. The molecule has 1 aromatic carbocycles. The predicted octanol–water partition coefficient (Wildman–Crippen LogP) is 3.62. The first-order valence-corrected chi connectivity index (χ1v) is 7.17. The summed E-state index contributed by atoms with van der Waals surface area (Å²) in [6.45, 7) is 0. The number of nitrogens with zero attached hydrogens (tertiary/aromatic N) is 3. The fraction of sp³-hybridized carbons (Fsp3) is 0.357. The molecule has 0 spiro atoms. The SMILES string of the molecule is Clc1nc(Nc2ccccc2)nc(NC2CCCC2)n1. The molecule has 2 N–H and O–H groups in total. The molecule has 1 aromatic heterocycles. The number of anilines is 3. The quantitative estimate of drug-likeness (QED) is 0.900. The van der Waals surface area contributed by atoms with Crippen LogP contribution in [0, 0.1) is 0 Å². The van der Waals surface area contributed by atoms with Crippen LogP contribution in [-0.4, -0.2) is 21.0 Å². The van der Waals surface area contributed by atoms with Crippen molar-refractivity contribution in [3.8, 4) is 0 Å². The number of aromatic nitrogens is 3. The summed E-state index contributed by atoms with van der Waals surface area (Å²) in [5, 5.41) is 6.64. The van der Waals surface area contributed by atoms with Crippen LogP contribution in [0.3, 0.4) is 0 Å². The van der Waals surface area contributed by atoms with Gasteiger partial charge in [-0.3, -0.25) is 0 Å². The molecule has 3 rings (SSSR count). The number of hydrogen-bond donors (Lipinski definition) is 2. The van der Waals surface area contributed by atoms with Crippen LogP contribution in [0.2, 0.25) is 5.28 Å². The van der Waals surface area contributed by atoms with Crippen LogP contribution in [0.15, 0.2) is 30.3 Å². The van der Waals surface area contributed by atoms with E-state index in [-0.39, 0.29) is 5.28 Å². The summed E-state index contributed by atoms with van der Waals surface area (Å²) in [6.07, 6.45) is 4.83. The van der Waals surface area contributed by atoms with Gasteiger partial charge < -0.3 is 10.6 Å². The summed E-state index contributed by atoms with van der Waals surface area (Å²) >= 11 is 5.96. The van der Waals surface area contributed by atoms with Crippen molar-refractivity contribution in [2.24, 2.45) is 0 Å². The third-order valence-corrected chi connectivity index (χ3v) is 3.50. The van der Waals surface area contributed by atoms with Gasteiger partial charge in [-0.2, -0.15) is 15.0 Å². The molecule has 1 fully saturated rings. The topological polar surface area (TPSA) is 62.7 Å². The zero-order valence-corrected chi connectivity index (χ0v) is 11.8. The van der Waals surface area contributed by atoms with Gasteiger partial charge in [0.2, 0.25) is 17.2 Å². The second-order valence-corrected chi connectivity index (χ2v) is 5.21. The van der Waals surface area contributed by atoms with E-state index in [1.54, 1.807) is 0 Å². The highest BCUT2D eigenvalue weighted by Gasteiger charge is 2.16. The van der Waals surface area contributed by atoms with Crippen LogP contribution in [0.5, 0.6) is 0 Å². The van der Waals surface area contributed by atoms with E-state index in [9.17, 15) is 0 Å². The molecular formula is C14H16ClN5. The third-order valence-electron chi connectivity index (χ3n) is 3.33. The standard InChI is InChI=1S/C14H16ClN5/c15-12-18-13(16-10-6-2-1-3-7-10)20-14(19-12)17-11-8-4-5-9-11/h1-3,6-7,11H,4-5,8-9H2,(H2,16,17,18,19,20). The maximum absolute atomic E-state index is 5.96. The minimum Gasteiger partial charge on any atom is -0.351 e. The molecule has 1 aliphatic rings. The molecule has 2 aromatic rings. The second kappa shape index (κ2) is 6.05. The van der Waals surface area contributed by atoms with E-state index in [2.05, 4.69) is 25.6 Å². The minimum absolute atomic E-state index is 0.193. The summed E-state index contributed by atoms with van der Waals surface area (Å²) in [4.78, 5) is 12.6. The first-order valence-electron chi connectivity index (χ1n) is 6.80. The van der Waals surface area contributed by atoms with Crippen molar-refractivity contribution >= 4 is 29.2 Å². The first-order chi connectivity index (χ1) is 9.79. The molecular weight excluding hydrogens is 274 g/mol. The van der Waals surface area contributed by atoms with Crippen molar-refractivity contribution < 1.29 is 0 Å². The van der Waals surface area contributed by atoms with Gasteiger partial charge in [-0.15, -0.1) is 0 Å². The zero-order chi connectivity index (χ0) is 13.8. The number of para-hydroxylation sites is 1. The van der Waals surface area contributed by atoms with Gasteiger partial charge in [-0.25, -0.2) is 0 Å². The molecule has 1 saturated carbocycles. The fourth-order valence-electron chi connectivity index (χ4n) is 2.37. The monoisotopic (exact) mass is 289 g/mol. The van der Waals surface area contributed by atoms with E-state index in [0.717, 1.165) is 18.5 Å². The highest BCUT2D eigenvalue weighted by Crippen LogP contribution is 2.22. The Balaban J connectivity index is 1.75. The summed E-state index contributed by atoms with van der Waals surface area (Å²) in [5.41, 5.74) is 0.918. The Morgan fingerprint density at radius 2 is 1.65 bits per heavy atom. The summed E-state index contributed by atoms with van der Waals surface area (Å²) in [6, 6.07) is 10.2. The normalized spacial score (nSPS) is 15.2. The molecule has 0 aliphatic heterocycles. The molecule has 104 valence electrons. The molecule has 0 saturated heterocycles. The van der Waals surface area contributed by atoms with Gasteiger partial charge in [0.1, 0.15) is 0 Å². The smallest absolute Gasteiger partial charge is 0.233 e. The molecule has 0 bridgehead atoms. The largest absolute Gasteiger partial charge is 0.351 e. The fourth-order valence-corrected chi connectivity index (χ4v) is 2.53. The number of nitrogens with one attached hydrogen (secondary N) is 2. The Labute approximate surface area is 122 Å². The van der Waals surface area contributed by atoms with Gasteiger partial charge in [0, 0.05) is 11.7 Å². The van der Waals surface area contributed by atoms with Crippen molar-refractivity contribution in [2.45, 2.75) is 31.7 Å².